The van der Waals surface area contributed by atoms with E-state index in [1.165, 1.54) is 0 Å². The normalized spacial score (nSPS) is 10.3. The molecular formula is C15H14ClNO2S. The van der Waals surface area contributed by atoms with Crippen molar-refractivity contribution in [1.82, 2.24) is 0 Å². The van der Waals surface area contributed by atoms with Gasteiger partial charge in [-0.3, -0.25) is 0 Å². The number of halogens is 1. The van der Waals surface area contributed by atoms with Crippen LogP contribution in [0.3, 0.4) is 0 Å². The number of aliphatic hydroxyl groups excluding tert-OH is 1. The van der Waals surface area contributed by atoms with Crippen LogP contribution in [0.25, 0.3) is 0 Å². The van der Waals surface area contributed by atoms with E-state index in [2.05, 4.69) is 0 Å². The van der Waals surface area contributed by atoms with Crippen LogP contribution in [0.15, 0.2) is 42.5 Å². The third-order valence-corrected chi connectivity index (χ3v) is 3.21. The summed E-state index contributed by atoms with van der Waals surface area (Å²) in [6.45, 7) is 0.128. The van der Waals surface area contributed by atoms with E-state index in [-0.39, 0.29) is 11.6 Å². The minimum absolute atomic E-state index is 0.128. The number of benzene rings is 2. The Morgan fingerprint density at radius 3 is 2.50 bits per heavy atom. The van der Waals surface area contributed by atoms with Gasteiger partial charge in [0.2, 0.25) is 0 Å². The Bertz CT molecular complexity index is 614. The van der Waals surface area contributed by atoms with Gasteiger partial charge in [-0.1, -0.05) is 36.0 Å². The third kappa shape index (κ3) is 3.70. The van der Waals surface area contributed by atoms with E-state index >= 15 is 0 Å². The molecule has 104 valence electrons. The van der Waals surface area contributed by atoms with Gasteiger partial charge in [0.15, 0.2) is 0 Å². The lowest BCUT2D eigenvalue weighted by Crippen LogP contribution is -2.10. The lowest BCUT2D eigenvalue weighted by atomic mass is 10.1. The molecule has 0 aliphatic rings. The fourth-order valence-corrected chi connectivity index (χ4v) is 2.10. The lowest BCUT2D eigenvalue weighted by molar-refractivity contribution is 0.299. The number of thiocarbonyl (C=S) groups is 1. The lowest BCUT2D eigenvalue weighted by Gasteiger charge is -2.11. The summed E-state index contributed by atoms with van der Waals surface area (Å²) in [7, 11) is 0. The Kier molecular flexibility index (Phi) is 4.95. The zero-order valence-corrected chi connectivity index (χ0v) is 12.2. The molecule has 0 fully saturated rings. The molecule has 0 heterocycles. The highest BCUT2D eigenvalue weighted by atomic mass is 35.5. The monoisotopic (exact) mass is 307 g/mol. The Labute approximate surface area is 127 Å². The number of rotatable bonds is 5. The van der Waals surface area contributed by atoms with Crippen LogP contribution in [-0.2, 0) is 6.42 Å². The van der Waals surface area contributed by atoms with Crippen LogP contribution in [0.5, 0.6) is 11.5 Å². The predicted octanol–water partition coefficient (Wildman–Crippen LogP) is 3.30. The summed E-state index contributed by atoms with van der Waals surface area (Å²) in [6.07, 6.45) is 0.624. The maximum atomic E-state index is 8.88. The molecule has 0 saturated carbocycles. The Hall–Kier alpha value is -1.62. The topological polar surface area (TPSA) is 55.5 Å². The number of aliphatic hydroxyl groups is 1. The summed E-state index contributed by atoms with van der Waals surface area (Å²) in [5.41, 5.74) is 7.32. The quantitative estimate of drug-likeness (QED) is 0.832. The van der Waals surface area contributed by atoms with Crippen molar-refractivity contribution in [3.8, 4) is 11.5 Å². The summed E-state index contributed by atoms with van der Waals surface area (Å²) >= 11 is 10.9. The average Bonchev–Trinajstić information content (AvgIpc) is 2.43. The van der Waals surface area contributed by atoms with Crippen LogP contribution in [0.4, 0.5) is 0 Å². The van der Waals surface area contributed by atoms with Gasteiger partial charge in [-0.2, -0.15) is 0 Å². The summed E-state index contributed by atoms with van der Waals surface area (Å²) in [5.74, 6) is 1.24. The fraction of sp³-hybridized carbons (Fsp3) is 0.133. The van der Waals surface area contributed by atoms with Crippen molar-refractivity contribution >= 4 is 28.8 Å². The molecular weight excluding hydrogens is 294 g/mol. The first-order valence-corrected chi connectivity index (χ1v) is 6.86. The summed E-state index contributed by atoms with van der Waals surface area (Å²) < 4.78 is 5.77. The van der Waals surface area contributed by atoms with Gasteiger partial charge in [0.25, 0.3) is 0 Å². The van der Waals surface area contributed by atoms with E-state index in [1.807, 2.05) is 24.3 Å². The molecule has 0 aromatic heterocycles. The molecule has 2 rings (SSSR count). The number of nitrogens with two attached hydrogens (primary N) is 1. The fourth-order valence-electron chi connectivity index (χ4n) is 1.76. The Morgan fingerprint density at radius 1 is 1.20 bits per heavy atom. The van der Waals surface area contributed by atoms with Crippen LogP contribution < -0.4 is 10.5 Å². The smallest absolute Gasteiger partial charge is 0.137 e. The van der Waals surface area contributed by atoms with Crippen LogP contribution in [0.2, 0.25) is 5.02 Å². The van der Waals surface area contributed by atoms with Crippen LogP contribution >= 0.6 is 23.8 Å². The molecule has 0 aliphatic carbocycles. The van der Waals surface area contributed by atoms with Crippen molar-refractivity contribution in [2.75, 3.05) is 6.61 Å². The van der Waals surface area contributed by atoms with E-state index in [1.54, 1.807) is 18.2 Å². The molecule has 0 radical (unpaired) electrons. The summed E-state index contributed by atoms with van der Waals surface area (Å²) in [4.78, 5) is 0.236. The van der Waals surface area contributed by atoms with Crippen LogP contribution in [0.1, 0.15) is 11.1 Å². The van der Waals surface area contributed by atoms with E-state index < -0.39 is 0 Å². The molecule has 20 heavy (non-hydrogen) atoms. The maximum Gasteiger partial charge on any atom is 0.137 e. The van der Waals surface area contributed by atoms with Gasteiger partial charge in [-0.25, -0.2) is 0 Å². The minimum Gasteiger partial charge on any atom is -0.457 e. The Morgan fingerprint density at radius 2 is 1.90 bits per heavy atom. The zero-order valence-electron chi connectivity index (χ0n) is 10.7. The molecule has 2 aromatic carbocycles. The molecule has 0 unspecified atom stereocenters. The van der Waals surface area contributed by atoms with Gasteiger partial charge < -0.3 is 15.6 Å². The summed E-state index contributed by atoms with van der Waals surface area (Å²) in [5, 5.41) is 9.43. The van der Waals surface area contributed by atoms with Crippen molar-refractivity contribution in [3.63, 3.8) is 0 Å². The van der Waals surface area contributed by atoms with Crippen LogP contribution in [0, 0.1) is 0 Å². The van der Waals surface area contributed by atoms with Crippen molar-refractivity contribution < 1.29 is 9.84 Å². The summed E-state index contributed by atoms with van der Waals surface area (Å²) in [6, 6.07) is 12.6. The third-order valence-electron chi connectivity index (χ3n) is 2.76. The number of hydrogen-bond acceptors (Lipinski definition) is 3. The molecule has 0 bridgehead atoms. The Balaban J connectivity index is 2.23. The number of hydrogen-bond donors (Lipinski definition) is 2. The highest BCUT2D eigenvalue weighted by Crippen LogP contribution is 2.28. The highest BCUT2D eigenvalue weighted by molar-refractivity contribution is 7.80. The molecule has 0 spiro atoms. The van der Waals surface area contributed by atoms with Crippen molar-refractivity contribution in [2.45, 2.75) is 6.42 Å². The first-order chi connectivity index (χ1) is 9.60. The predicted molar refractivity (Wildman–Crippen MR) is 84.6 cm³/mol. The second-order valence-corrected chi connectivity index (χ2v) is 5.10. The van der Waals surface area contributed by atoms with Crippen LogP contribution in [-0.4, -0.2) is 16.7 Å². The van der Waals surface area contributed by atoms with Gasteiger partial charge >= 0.3 is 0 Å². The first-order valence-electron chi connectivity index (χ1n) is 6.07. The average molecular weight is 308 g/mol. The van der Waals surface area contributed by atoms with Gasteiger partial charge in [-0.15, -0.1) is 0 Å². The number of ether oxygens (including phenoxy) is 1. The highest BCUT2D eigenvalue weighted by Gasteiger charge is 2.08. The zero-order chi connectivity index (χ0) is 14.5. The minimum atomic E-state index is 0.128. The molecule has 0 amide bonds. The van der Waals surface area contributed by atoms with E-state index in [9.17, 15) is 0 Å². The molecule has 3 nitrogen and oxygen atoms in total. The van der Waals surface area contributed by atoms with Gasteiger partial charge in [0, 0.05) is 11.6 Å². The molecule has 3 N–H and O–H groups in total. The standard InChI is InChI=1S/C15H14ClNO2S/c16-11-3-6-14(13(9-11)15(17)20)19-12-4-1-10(2-5-12)7-8-18/h1-6,9,18H,7-8H2,(H2,17,20). The largest absolute Gasteiger partial charge is 0.457 e. The second-order valence-electron chi connectivity index (χ2n) is 4.22. The van der Waals surface area contributed by atoms with Crippen molar-refractivity contribution in [1.29, 1.82) is 0 Å². The SMILES string of the molecule is NC(=S)c1cc(Cl)ccc1Oc1ccc(CCO)cc1. The van der Waals surface area contributed by atoms with Gasteiger partial charge in [0.05, 0.1) is 5.56 Å². The van der Waals surface area contributed by atoms with Gasteiger partial charge in [-0.05, 0) is 42.3 Å². The molecule has 0 aliphatic heterocycles. The molecule has 5 heteroatoms. The van der Waals surface area contributed by atoms with E-state index in [0.717, 1.165) is 5.56 Å². The maximum absolute atomic E-state index is 8.88. The van der Waals surface area contributed by atoms with Gasteiger partial charge in [0.1, 0.15) is 16.5 Å². The first kappa shape index (κ1) is 14.8. The van der Waals surface area contributed by atoms with Crippen molar-refractivity contribution in [2.24, 2.45) is 5.73 Å². The van der Waals surface area contributed by atoms with E-state index in [0.29, 0.717) is 28.5 Å². The van der Waals surface area contributed by atoms with E-state index in [4.69, 9.17) is 39.4 Å². The molecule has 2 aromatic rings. The molecule has 0 saturated heterocycles. The molecule has 0 atom stereocenters. The van der Waals surface area contributed by atoms with Crippen molar-refractivity contribution in [3.05, 3.63) is 58.6 Å². The second kappa shape index (κ2) is 6.70.